The number of nitro benzene ring substituents is 1. The Balaban J connectivity index is 1.50. The zero-order chi connectivity index (χ0) is 23.4. The van der Waals surface area contributed by atoms with Gasteiger partial charge in [-0.2, -0.15) is 0 Å². The molecule has 1 aliphatic heterocycles. The summed E-state index contributed by atoms with van der Waals surface area (Å²) in [5.41, 5.74) is 8.26. The van der Waals surface area contributed by atoms with Gasteiger partial charge >= 0.3 is 0 Å². The lowest BCUT2D eigenvalue weighted by Crippen LogP contribution is -2.49. The molecule has 3 aromatic rings. The standard InChI is InChI=1S/C21H24N8O4/c1-14(15-5-3-2-4-6-15)23-17-13-16(7-8-18(17)29(31)32)27-9-11-28(12-10-27)21(24-30)19-20(22)26-33-25-19/h2-8,13-14,23,30H,9-12H2,1H3,(H2,22,26)/b24-21-. The number of nitrogens with zero attached hydrogens (tertiary/aromatic N) is 6. The lowest BCUT2D eigenvalue weighted by molar-refractivity contribution is -0.384. The molecule has 0 bridgehead atoms. The summed E-state index contributed by atoms with van der Waals surface area (Å²) >= 11 is 0. The van der Waals surface area contributed by atoms with Gasteiger partial charge < -0.3 is 26.1 Å². The van der Waals surface area contributed by atoms with E-state index in [0.717, 1.165) is 11.3 Å². The molecular weight excluding hydrogens is 428 g/mol. The van der Waals surface area contributed by atoms with Crippen LogP contribution in [0.2, 0.25) is 0 Å². The number of amidine groups is 1. The van der Waals surface area contributed by atoms with Crippen LogP contribution in [0, 0.1) is 10.1 Å². The first-order valence-electron chi connectivity index (χ1n) is 10.4. The first kappa shape index (κ1) is 21.9. The molecule has 1 atom stereocenters. The van der Waals surface area contributed by atoms with Gasteiger partial charge in [0, 0.05) is 44.0 Å². The number of oxime groups is 1. The minimum absolute atomic E-state index is 0.0175. The van der Waals surface area contributed by atoms with Gasteiger partial charge in [0.05, 0.1) is 4.92 Å². The molecule has 1 aromatic heterocycles. The fourth-order valence-electron chi connectivity index (χ4n) is 3.84. The number of nitro groups is 1. The molecule has 0 radical (unpaired) electrons. The van der Waals surface area contributed by atoms with E-state index in [2.05, 4.69) is 30.3 Å². The van der Waals surface area contributed by atoms with Crippen LogP contribution in [-0.2, 0) is 0 Å². The van der Waals surface area contributed by atoms with Gasteiger partial charge in [-0.3, -0.25) is 10.1 Å². The molecule has 4 rings (SSSR count). The van der Waals surface area contributed by atoms with Crippen LogP contribution in [0.15, 0.2) is 58.3 Å². The Morgan fingerprint density at radius 3 is 2.55 bits per heavy atom. The van der Waals surface area contributed by atoms with E-state index in [4.69, 9.17) is 5.73 Å². The number of hydrogen-bond acceptors (Lipinski definition) is 10. The van der Waals surface area contributed by atoms with E-state index >= 15 is 0 Å². The topological polar surface area (TPSA) is 159 Å². The van der Waals surface area contributed by atoms with Crippen molar-refractivity contribution in [3.63, 3.8) is 0 Å². The van der Waals surface area contributed by atoms with Crippen LogP contribution in [0.3, 0.4) is 0 Å². The number of nitrogens with two attached hydrogens (primary N) is 1. The summed E-state index contributed by atoms with van der Waals surface area (Å²) in [6, 6.07) is 14.7. The maximum atomic E-state index is 11.6. The Kier molecular flexibility index (Phi) is 6.24. The quantitative estimate of drug-likeness (QED) is 0.167. The highest BCUT2D eigenvalue weighted by Crippen LogP contribution is 2.33. The second kappa shape index (κ2) is 9.42. The van der Waals surface area contributed by atoms with Crippen molar-refractivity contribution in [2.75, 3.05) is 42.1 Å². The first-order valence-corrected chi connectivity index (χ1v) is 10.4. The maximum absolute atomic E-state index is 11.6. The second-order valence-electron chi connectivity index (χ2n) is 7.63. The van der Waals surface area contributed by atoms with Crippen molar-refractivity contribution in [1.82, 2.24) is 15.2 Å². The molecule has 1 unspecified atom stereocenters. The fraction of sp³-hybridized carbons (Fsp3) is 0.286. The number of benzene rings is 2. The Hall–Kier alpha value is -4.35. The van der Waals surface area contributed by atoms with Gasteiger partial charge in [0.2, 0.25) is 5.84 Å². The largest absolute Gasteiger partial charge is 0.409 e. The molecule has 12 heteroatoms. The zero-order valence-corrected chi connectivity index (χ0v) is 18.0. The summed E-state index contributed by atoms with van der Waals surface area (Å²) in [4.78, 5) is 15.1. The molecule has 12 nitrogen and oxygen atoms in total. The number of hydrogen-bond donors (Lipinski definition) is 3. The van der Waals surface area contributed by atoms with Crippen LogP contribution in [-0.4, -0.2) is 57.4 Å². The minimum atomic E-state index is -0.387. The third kappa shape index (κ3) is 4.63. The molecule has 1 saturated heterocycles. The molecular formula is C21H24N8O4. The molecule has 0 aliphatic carbocycles. The van der Waals surface area contributed by atoms with Gasteiger partial charge in [-0.1, -0.05) is 35.5 Å². The van der Waals surface area contributed by atoms with E-state index in [1.165, 1.54) is 6.07 Å². The Bertz CT molecular complexity index is 1140. The molecule has 4 N–H and O–H groups in total. The monoisotopic (exact) mass is 452 g/mol. The van der Waals surface area contributed by atoms with Crippen molar-refractivity contribution in [3.05, 3.63) is 69.9 Å². The molecule has 0 amide bonds. The van der Waals surface area contributed by atoms with Gasteiger partial charge in [0.1, 0.15) is 5.69 Å². The summed E-state index contributed by atoms with van der Waals surface area (Å²) in [5.74, 6) is 0.236. The number of anilines is 3. The molecule has 33 heavy (non-hydrogen) atoms. The fourth-order valence-corrected chi connectivity index (χ4v) is 3.84. The predicted molar refractivity (Wildman–Crippen MR) is 122 cm³/mol. The van der Waals surface area contributed by atoms with E-state index in [1.54, 1.807) is 12.1 Å². The van der Waals surface area contributed by atoms with E-state index in [-0.39, 0.29) is 34.0 Å². The molecule has 2 heterocycles. The lowest BCUT2D eigenvalue weighted by Gasteiger charge is -2.36. The highest BCUT2D eigenvalue weighted by molar-refractivity contribution is 6.00. The Labute approximate surface area is 189 Å². The SMILES string of the molecule is CC(Nc1cc(N2CCN(/C(=N\O)c3nonc3N)CC2)ccc1[N+](=O)[O-])c1ccccc1. The summed E-state index contributed by atoms with van der Waals surface area (Å²) in [7, 11) is 0. The predicted octanol–water partition coefficient (Wildman–Crippen LogP) is 2.69. The van der Waals surface area contributed by atoms with Crippen molar-refractivity contribution < 1.29 is 14.8 Å². The Morgan fingerprint density at radius 1 is 1.21 bits per heavy atom. The smallest absolute Gasteiger partial charge is 0.292 e. The summed E-state index contributed by atoms with van der Waals surface area (Å²) in [6.45, 7) is 4.19. The maximum Gasteiger partial charge on any atom is 0.292 e. The van der Waals surface area contributed by atoms with Crippen molar-refractivity contribution >= 4 is 28.7 Å². The zero-order valence-electron chi connectivity index (χ0n) is 18.0. The van der Waals surface area contributed by atoms with Gasteiger partial charge in [-0.25, -0.2) is 4.63 Å². The van der Waals surface area contributed by atoms with Gasteiger partial charge in [0.25, 0.3) is 5.69 Å². The highest BCUT2D eigenvalue weighted by atomic mass is 16.6. The average molecular weight is 452 g/mol. The van der Waals surface area contributed by atoms with Crippen molar-refractivity contribution in [2.45, 2.75) is 13.0 Å². The van der Waals surface area contributed by atoms with Crippen LogP contribution in [0.1, 0.15) is 24.2 Å². The summed E-state index contributed by atoms with van der Waals surface area (Å²) in [5, 5.41) is 34.9. The minimum Gasteiger partial charge on any atom is -0.409 e. The number of nitrogens with one attached hydrogen (secondary N) is 1. The normalized spacial score (nSPS) is 15.4. The average Bonchev–Trinajstić information content (AvgIpc) is 3.26. The van der Waals surface area contributed by atoms with Crippen LogP contribution in [0.5, 0.6) is 0 Å². The second-order valence-corrected chi connectivity index (χ2v) is 7.63. The molecule has 172 valence electrons. The molecule has 2 aromatic carbocycles. The van der Waals surface area contributed by atoms with Crippen molar-refractivity contribution in [3.8, 4) is 0 Å². The van der Waals surface area contributed by atoms with E-state index in [1.807, 2.05) is 42.2 Å². The molecule has 1 aliphatic rings. The van der Waals surface area contributed by atoms with Crippen LogP contribution < -0.4 is 16.0 Å². The summed E-state index contributed by atoms with van der Waals surface area (Å²) in [6.07, 6.45) is 0. The van der Waals surface area contributed by atoms with Crippen molar-refractivity contribution in [2.24, 2.45) is 5.16 Å². The molecule has 0 spiro atoms. The molecule has 1 fully saturated rings. The number of rotatable bonds is 6. The van der Waals surface area contributed by atoms with Crippen LogP contribution in [0.25, 0.3) is 0 Å². The van der Waals surface area contributed by atoms with E-state index in [9.17, 15) is 15.3 Å². The molecule has 0 saturated carbocycles. The van der Waals surface area contributed by atoms with Gasteiger partial charge in [-0.05, 0) is 34.9 Å². The first-order chi connectivity index (χ1) is 16.0. The van der Waals surface area contributed by atoms with Crippen LogP contribution >= 0.6 is 0 Å². The summed E-state index contributed by atoms with van der Waals surface area (Å²) < 4.78 is 4.60. The van der Waals surface area contributed by atoms with Gasteiger partial charge in [-0.15, -0.1) is 0 Å². The lowest BCUT2D eigenvalue weighted by atomic mass is 10.1. The van der Waals surface area contributed by atoms with Gasteiger partial charge in [0.15, 0.2) is 11.5 Å². The van der Waals surface area contributed by atoms with Crippen molar-refractivity contribution in [1.29, 1.82) is 0 Å². The van der Waals surface area contributed by atoms with Crippen LogP contribution in [0.4, 0.5) is 22.9 Å². The highest BCUT2D eigenvalue weighted by Gasteiger charge is 2.27. The van der Waals surface area contributed by atoms with E-state index < -0.39 is 0 Å². The number of piperazine rings is 1. The Morgan fingerprint density at radius 2 is 1.94 bits per heavy atom. The van der Waals surface area contributed by atoms with E-state index in [0.29, 0.717) is 31.9 Å². The third-order valence-electron chi connectivity index (χ3n) is 5.61. The number of nitrogen functional groups attached to an aromatic ring is 1. The number of aromatic nitrogens is 2. The third-order valence-corrected chi connectivity index (χ3v) is 5.61.